The molecule has 2 aliphatic carbocycles. The fraction of sp³-hybridized carbons (Fsp3) is 1.00. The summed E-state index contributed by atoms with van der Waals surface area (Å²) in [6, 6.07) is 1.06. The van der Waals surface area contributed by atoms with Gasteiger partial charge in [-0.2, -0.15) is 0 Å². The van der Waals surface area contributed by atoms with Gasteiger partial charge in [0.15, 0.2) is 0 Å². The van der Waals surface area contributed by atoms with Crippen molar-refractivity contribution in [3.05, 3.63) is 0 Å². The summed E-state index contributed by atoms with van der Waals surface area (Å²) in [5, 5.41) is 0. The number of nitrogens with zero attached hydrogens (tertiary/aromatic N) is 1. The highest BCUT2D eigenvalue weighted by Crippen LogP contribution is 2.31. The van der Waals surface area contributed by atoms with Gasteiger partial charge in [0.2, 0.25) is 0 Å². The SMILES string of the molecule is CCN(CC1CC1)C1CCCCCCCCCCC1N. The van der Waals surface area contributed by atoms with E-state index in [1.165, 1.54) is 90.1 Å². The Morgan fingerprint density at radius 3 is 1.90 bits per heavy atom. The Morgan fingerprint density at radius 1 is 0.800 bits per heavy atom. The summed E-state index contributed by atoms with van der Waals surface area (Å²) in [7, 11) is 0. The smallest absolute Gasteiger partial charge is 0.0247 e. The van der Waals surface area contributed by atoms with E-state index in [0.29, 0.717) is 12.1 Å². The van der Waals surface area contributed by atoms with Gasteiger partial charge >= 0.3 is 0 Å². The topological polar surface area (TPSA) is 29.3 Å². The van der Waals surface area contributed by atoms with Gasteiger partial charge < -0.3 is 5.73 Å². The molecule has 20 heavy (non-hydrogen) atoms. The summed E-state index contributed by atoms with van der Waals surface area (Å²) in [5.41, 5.74) is 6.59. The molecule has 2 fully saturated rings. The molecular weight excluding hydrogens is 244 g/mol. The molecule has 0 heterocycles. The molecule has 0 aromatic rings. The Kier molecular flexibility index (Phi) is 7.37. The molecule has 2 rings (SSSR count). The predicted molar refractivity (Wildman–Crippen MR) is 87.9 cm³/mol. The van der Waals surface area contributed by atoms with Crippen LogP contribution in [0.15, 0.2) is 0 Å². The molecule has 0 spiro atoms. The predicted octanol–water partition coefficient (Wildman–Crippen LogP) is 4.33. The maximum absolute atomic E-state index is 6.59. The molecule has 2 heteroatoms. The first-order chi connectivity index (χ1) is 9.81. The van der Waals surface area contributed by atoms with E-state index in [-0.39, 0.29) is 0 Å². The van der Waals surface area contributed by atoms with Crippen molar-refractivity contribution < 1.29 is 0 Å². The van der Waals surface area contributed by atoms with Crippen molar-refractivity contribution in [1.82, 2.24) is 4.90 Å². The van der Waals surface area contributed by atoms with E-state index in [9.17, 15) is 0 Å². The van der Waals surface area contributed by atoms with Crippen LogP contribution in [0.25, 0.3) is 0 Å². The standard InChI is InChI=1S/C18H36N2/c1-2-20(15-16-13-14-16)18-12-10-8-6-4-3-5-7-9-11-17(18)19/h16-18H,2-15,19H2,1H3. The minimum Gasteiger partial charge on any atom is -0.326 e. The first kappa shape index (κ1) is 16.3. The van der Waals surface area contributed by atoms with Gasteiger partial charge in [0.1, 0.15) is 0 Å². The highest BCUT2D eigenvalue weighted by Gasteiger charge is 2.29. The number of hydrogen-bond donors (Lipinski definition) is 1. The van der Waals surface area contributed by atoms with Crippen LogP contribution in [0.1, 0.15) is 84.0 Å². The van der Waals surface area contributed by atoms with E-state index in [1.54, 1.807) is 0 Å². The quantitative estimate of drug-likeness (QED) is 0.830. The summed E-state index contributed by atoms with van der Waals surface area (Å²) < 4.78 is 0. The molecule has 0 aliphatic heterocycles. The van der Waals surface area contributed by atoms with Crippen LogP contribution in [0.4, 0.5) is 0 Å². The third kappa shape index (κ3) is 5.73. The van der Waals surface area contributed by atoms with Gasteiger partial charge in [-0.3, -0.25) is 4.90 Å². The summed E-state index contributed by atoms with van der Waals surface area (Å²) in [6.07, 6.45) is 16.8. The number of likely N-dealkylation sites (N-methyl/N-ethyl adjacent to an activating group) is 1. The Balaban J connectivity index is 1.87. The van der Waals surface area contributed by atoms with Crippen LogP contribution < -0.4 is 5.73 Å². The first-order valence-electron chi connectivity index (χ1n) is 9.31. The molecule has 2 unspecified atom stereocenters. The van der Waals surface area contributed by atoms with Crippen LogP contribution in [0.5, 0.6) is 0 Å². The van der Waals surface area contributed by atoms with Crippen molar-refractivity contribution in [3.63, 3.8) is 0 Å². The number of hydrogen-bond acceptors (Lipinski definition) is 2. The lowest BCUT2D eigenvalue weighted by atomic mass is 9.93. The second-order valence-electron chi connectivity index (χ2n) is 7.17. The minimum atomic E-state index is 0.410. The molecule has 0 saturated heterocycles. The van der Waals surface area contributed by atoms with Gasteiger partial charge in [0.05, 0.1) is 0 Å². The van der Waals surface area contributed by atoms with Crippen molar-refractivity contribution in [1.29, 1.82) is 0 Å². The molecule has 0 aromatic heterocycles. The van der Waals surface area contributed by atoms with Crippen molar-refractivity contribution >= 4 is 0 Å². The summed E-state index contributed by atoms with van der Waals surface area (Å²) in [6.45, 7) is 4.83. The van der Waals surface area contributed by atoms with Crippen LogP contribution in [0, 0.1) is 5.92 Å². The maximum Gasteiger partial charge on any atom is 0.0247 e. The molecule has 118 valence electrons. The van der Waals surface area contributed by atoms with Gasteiger partial charge in [-0.05, 0) is 38.1 Å². The molecule has 0 amide bonds. The molecule has 2 atom stereocenters. The Morgan fingerprint density at radius 2 is 1.35 bits per heavy atom. The van der Waals surface area contributed by atoms with Gasteiger partial charge in [-0.15, -0.1) is 0 Å². The fourth-order valence-corrected chi connectivity index (χ4v) is 3.79. The fourth-order valence-electron chi connectivity index (χ4n) is 3.79. The summed E-state index contributed by atoms with van der Waals surface area (Å²) in [4.78, 5) is 2.72. The van der Waals surface area contributed by atoms with Crippen LogP contribution in [0.3, 0.4) is 0 Å². The highest BCUT2D eigenvalue weighted by molar-refractivity contribution is 4.86. The van der Waals surface area contributed by atoms with Crippen molar-refractivity contribution in [2.45, 2.75) is 96.1 Å². The molecule has 2 saturated carbocycles. The lowest BCUT2D eigenvalue weighted by molar-refractivity contribution is 0.153. The van der Waals surface area contributed by atoms with E-state index in [4.69, 9.17) is 5.73 Å². The zero-order valence-corrected chi connectivity index (χ0v) is 13.7. The zero-order valence-electron chi connectivity index (χ0n) is 13.7. The average Bonchev–Trinajstić information content (AvgIpc) is 3.25. The monoisotopic (exact) mass is 280 g/mol. The van der Waals surface area contributed by atoms with Crippen LogP contribution in [-0.2, 0) is 0 Å². The largest absolute Gasteiger partial charge is 0.326 e. The summed E-state index contributed by atoms with van der Waals surface area (Å²) >= 11 is 0. The van der Waals surface area contributed by atoms with E-state index in [0.717, 1.165) is 5.92 Å². The normalized spacial score (nSPS) is 30.8. The molecule has 0 radical (unpaired) electrons. The molecule has 2 nitrogen and oxygen atoms in total. The molecule has 0 bridgehead atoms. The van der Waals surface area contributed by atoms with E-state index >= 15 is 0 Å². The van der Waals surface area contributed by atoms with Crippen molar-refractivity contribution in [2.75, 3.05) is 13.1 Å². The zero-order chi connectivity index (χ0) is 14.2. The number of nitrogens with two attached hydrogens (primary N) is 1. The second kappa shape index (κ2) is 9.04. The Hall–Kier alpha value is -0.0800. The van der Waals surface area contributed by atoms with Crippen LogP contribution in [-0.4, -0.2) is 30.1 Å². The minimum absolute atomic E-state index is 0.410. The highest BCUT2D eigenvalue weighted by atomic mass is 15.2. The van der Waals surface area contributed by atoms with Gasteiger partial charge in [-0.1, -0.05) is 58.3 Å². The van der Waals surface area contributed by atoms with E-state index < -0.39 is 0 Å². The van der Waals surface area contributed by atoms with E-state index in [2.05, 4.69) is 11.8 Å². The molecule has 2 N–H and O–H groups in total. The van der Waals surface area contributed by atoms with Gasteiger partial charge in [0, 0.05) is 18.6 Å². The lowest BCUT2D eigenvalue weighted by Gasteiger charge is -2.35. The average molecular weight is 280 g/mol. The Labute approximate surface area is 126 Å². The maximum atomic E-state index is 6.59. The van der Waals surface area contributed by atoms with E-state index in [1.807, 2.05) is 0 Å². The summed E-state index contributed by atoms with van der Waals surface area (Å²) in [5.74, 6) is 0.989. The van der Waals surface area contributed by atoms with Crippen LogP contribution >= 0.6 is 0 Å². The van der Waals surface area contributed by atoms with Crippen molar-refractivity contribution in [3.8, 4) is 0 Å². The van der Waals surface area contributed by atoms with Crippen LogP contribution in [0.2, 0.25) is 0 Å². The van der Waals surface area contributed by atoms with Gasteiger partial charge in [-0.25, -0.2) is 0 Å². The molecule has 2 aliphatic rings. The first-order valence-corrected chi connectivity index (χ1v) is 9.31. The lowest BCUT2D eigenvalue weighted by Crippen LogP contribution is -2.48. The molecular formula is C18H36N2. The Bertz CT molecular complexity index is 250. The second-order valence-corrected chi connectivity index (χ2v) is 7.17. The van der Waals surface area contributed by atoms with Gasteiger partial charge in [0.25, 0.3) is 0 Å². The van der Waals surface area contributed by atoms with Crippen molar-refractivity contribution in [2.24, 2.45) is 11.7 Å². The third-order valence-corrected chi connectivity index (χ3v) is 5.35. The third-order valence-electron chi connectivity index (χ3n) is 5.35. The molecule has 0 aromatic carbocycles. The number of rotatable bonds is 4.